The van der Waals surface area contributed by atoms with E-state index in [0.29, 0.717) is 12.8 Å². The lowest BCUT2D eigenvalue weighted by Gasteiger charge is -2.20. The van der Waals surface area contributed by atoms with Gasteiger partial charge in [-0.3, -0.25) is 4.57 Å². The molecule has 1 unspecified atom stereocenters. The van der Waals surface area contributed by atoms with Crippen molar-refractivity contribution in [3.8, 4) is 0 Å². The number of ether oxygens (including phenoxy) is 3. The van der Waals surface area contributed by atoms with Crippen LogP contribution in [0.2, 0.25) is 0 Å². The zero-order valence-electron chi connectivity index (χ0n) is 15.6. The lowest BCUT2D eigenvalue weighted by Crippen LogP contribution is -2.29. The van der Waals surface area contributed by atoms with Crippen molar-refractivity contribution in [1.29, 1.82) is 0 Å². The van der Waals surface area contributed by atoms with Gasteiger partial charge in [0.2, 0.25) is 20.0 Å². The fraction of sp³-hybridized carbons (Fsp3) is 0.600. The highest BCUT2D eigenvalue weighted by atomic mass is 31.2. The van der Waals surface area contributed by atoms with Crippen LogP contribution in [0.1, 0.15) is 31.8 Å². The summed E-state index contributed by atoms with van der Waals surface area (Å²) in [5.74, 6) is -4.24. The number of halogens is 3. The van der Waals surface area contributed by atoms with Crippen molar-refractivity contribution in [1.82, 2.24) is 19.5 Å². The smallest absolute Gasteiger partial charge is 0.451 e. The Morgan fingerprint density at radius 1 is 1.43 bits per heavy atom. The number of hydrogen-bond acceptors (Lipinski definition) is 10. The van der Waals surface area contributed by atoms with Crippen molar-refractivity contribution in [3.63, 3.8) is 0 Å². The second kappa shape index (κ2) is 8.94. The van der Waals surface area contributed by atoms with Crippen LogP contribution in [-0.2, 0) is 25.2 Å². The van der Waals surface area contributed by atoms with Gasteiger partial charge in [-0.25, -0.2) is 19.7 Å². The standard InChI is InChI=1S/C15H19F3N5O6P/c1-2-27-12(24)13(30(25)26)28-5-7-3-4-8(29-7)23-6-20-9-10(19)21-14(15(16,17)18)22-11(9)23/h6-8,13,25-26H,2-5H2,1H3,(H2,19,21,22)/t7-,8?,13-/m0/s1. The maximum absolute atomic E-state index is 13.0. The molecule has 4 N–H and O–H groups in total. The summed E-state index contributed by atoms with van der Waals surface area (Å²) in [5, 5.41) is 0. The van der Waals surface area contributed by atoms with Gasteiger partial charge in [-0.2, -0.15) is 13.2 Å². The molecule has 2 aromatic heterocycles. The largest absolute Gasteiger partial charge is 0.464 e. The first kappa shape index (κ1) is 22.6. The summed E-state index contributed by atoms with van der Waals surface area (Å²) in [6.45, 7) is 1.45. The molecule has 0 spiro atoms. The molecule has 1 fully saturated rings. The molecule has 166 valence electrons. The number of nitrogens with zero attached hydrogens (tertiary/aromatic N) is 4. The first-order chi connectivity index (χ1) is 14.1. The lowest BCUT2D eigenvalue weighted by atomic mass is 10.2. The van der Waals surface area contributed by atoms with Gasteiger partial charge in [0, 0.05) is 0 Å². The predicted octanol–water partition coefficient (Wildman–Crippen LogP) is 1.31. The molecule has 30 heavy (non-hydrogen) atoms. The number of fused-ring (bicyclic) bond motifs is 1. The maximum Gasteiger partial charge on any atom is 0.451 e. The van der Waals surface area contributed by atoms with Crippen molar-refractivity contribution in [3.05, 3.63) is 12.2 Å². The monoisotopic (exact) mass is 453 g/mol. The van der Waals surface area contributed by atoms with Crippen LogP contribution >= 0.6 is 8.38 Å². The quantitative estimate of drug-likeness (QED) is 0.413. The van der Waals surface area contributed by atoms with Gasteiger partial charge in [0.1, 0.15) is 11.7 Å². The molecule has 1 aliphatic heterocycles. The number of anilines is 1. The van der Waals surface area contributed by atoms with Crippen LogP contribution in [0.25, 0.3) is 11.2 Å². The molecule has 3 atom stereocenters. The number of hydrogen-bond donors (Lipinski definition) is 3. The predicted molar refractivity (Wildman–Crippen MR) is 95.6 cm³/mol. The van der Waals surface area contributed by atoms with Gasteiger partial charge in [-0.15, -0.1) is 0 Å². The molecule has 3 rings (SSSR count). The van der Waals surface area contributed by atoms with Crippen molar-refractivity contribution < 1.29 is 42.0 Å². The molecule has 0 saturated carbocycles. The molecular weight excluding hydrogens is 434 g/mol. The molecule has 0 amide bonds. The number of esters is 1. The van der Waals surface area contributed by atoms with Crippen molar-refractivity contribution >= 4 is 31.3 Å². The van der Waals surface area contributed by atoms with Crippen molar-refractivity contribution in [2.24, 2.45) is 0 Å². The molecular formula is C15H19F3N5O6P. The maximum atomic E-state index is 13.0. The first-order valence-electron chi connectivity index (χ1n) is 8.79. The van der Waals surface area contributed by atoms with E-state index in [0.717, 1.165) is 0 Å². The lowest BCUT2D eigenvalue weighted by molar-refractivity contribution is -0.153. The number of imidazole rings is 1. The molecule has 1 saturated heterocycles. The Labute approximate surface area is 168 Å². The van der Waals surface area contributed by atoms with E-state index in [1.165, 1.54) is 10.9 Å². The molecule has 0 radical (unpaired) electrons. The van der Waals surface area contributed by atoms with E-state index in [9.17, 15) is 27.8 Å². The summed E-state index contributed by atoms with van der Waals surface area (Å²) in [7, 11) is -2.73. The number of nitrogen functional groups attached to an aromatic ring is 1. The van der Waals surface area contributed by atoms with Gasteiger partial charge in [0.05, 0.1) is 25.6 Å². The van der Waals surface area contributed by atoms with Crippen LogP contribution in [0.5, 0.6) is 0 Å². The third-order valence-electron chi connectivity index (χ3n) is 4.24. The van der Waals surface area contributed by atoms with Crippen LogP contribution in [-0.4, -0.2) is 60.4 Å². The molecule has 1 aliphatic rings. The van der Waals surface area contributed by atoms with E-state index in [4.69, 9.17) is 19.9 Å². The average Bonchev–Trinajstić information content (AvgIpc) is 3.27. The van der Waals surface area contributed by atoms with Gasteiger partial charge in [0.25, 0.3) is 0 Å². The van der Waals surface area contributed by atoms with Crippen molar-refractivity contribution in [2.75, 3.05) is 18.9 Å². The van der Waals surface area contributed by atoms with Gasteiger partial charge < -0.3 is 29.7 Å². The highest BCUT2D eigenvalue weighted by Crippen LogP contribution is 2.36. The fourth-order valence-electron chi connectivity index (χ4n) is 2.93. The van der Waals surface area contributed by atoms with Gasteiger partial charge in [-0.05, 0) is 19.8 Å². The zero-order valence-corrected chi connectivity index (χ0v) is 16.5. The van der Waals surface area contributed by atoms with Crippen LogP contribution in [0.15, 0.2) is 6.33 Å². The average molecular weight is 453 g/mol. The highest BCUT2D eigenvalue weighted by molar-refractivity contribution is 7.46. The number of aromatic nitrogens is 4. The van der Waals surface area contributed by atoms with E-state index < -0.39 is 50.3 Å². The fourth-order valence-corrected chi connectivity index (χ4v) is 3.41. The van der Waals surface area contributed by atoms with Gasteiger partial charge in [-0.1, -0.05) is 0 Å². The van der Waals surface area contributed by atoms with E-state index >= 15 is 0 Å². The summed E-state index contributed by atoms with van der Waals surface area (Å²) in [4.78, 5) is 41.1. The normalized spacial score (nSPS) is 20.8. The summed E-state index contributed by atoms with van der Waals surface area (Å²) >= 11 is 0. The second-order valence-electron chi connectivity index (χ2n) is 6.30. The Hall–Kier alpha value is -2.12. The van der Waals surface area contributed by atoms with Crippen LogP contribution in [0, 0.1) is 0 Å². The zero-order chi connectivity index (χ0) is 22.1. The SMILES string of the molecule is CCOC(=O)[C@@H](OC[C@@H]1CCC(n2cnc3c(N)nc(C(F)(F)F)nc32)O1)P(O)O. The van der Waals surface area contributed by atoms with E-state index in [1.54, 1.807) is 6.92 Å². The number of nitrogens with two attached hydrogens (primary N) is 1. The molecule has 0 bridgehead atoms. The minimum Gasteiger partial charge on any atom is -0.464 e. The minimum absolute atomic E-state index is 0.0138. The first-order valence-corrected chi connectivity index (χ1v) is 10.1. The minimum atomic E-state index is -4.78. The number of carbonyl (C=O) groups is 1. The van der Waals surface area contributed by atoms with E-state index in [1.807, 2.05) is 0 Å². The molecule has 11 nitrogen and oxygen atoms in total. The molecule has 2 aromatic rings. The van der Waals surface area contributed by atoms with Crippen molar-refractivity contribution in [2.45, 2.75) is 44.1 Å². The number of rotatable bonds is 7. The Morgan fingerprint density at radius 3 is 2.80 bits per heavy atom. The van der Waals surface area contributed by atoms with E-state index in [-0.39, 0.29) is 24.4 Å². The number of carbonyl (C=O) groups excluding carboxylic acids is 1. The topological polar surface area (TPSA) is 155 Å². The molecule has 0 aromatic carbocycles. The molecule has 0 aliphatic carbocycles. The second-order valence-corrected chi connectivity index (χ2v) is 7.41. The Morgan fingerprint density at radius 2 is 2.17 bits per heavy atom. The Balaban J connectivity index is 1.71. The molecule has 3 heterocycles. The third-order valence-corrected chi connectivity index (χ3v) is 5.01. The Kier molecular flexibility index (Phi) is 6.72. The molecule has 15 heteroatoms. The summed E-state index contributed by atoms with van der Waals surface area (Å²) < 4.78 is 56.0. The summed E-state index contributed by atoms with van der Waals surface area (Å²) in [6, 6.07) is 0. The van der Waals surface area contributed by atoms with E-state index in [2.05, 4.69) is 15.0 Å². The van der Waals surface area contributed by atoms with Gasteiger partial charge >= 0.3 is 12.1 Å². The summed E-state index contributed by atoms with van der Waals surface area (Å²) in [6.07, 6.45) is -3.96. The Bertz CT molecular complexity index is 911. The third kappa shape index (κ3) is 4.78. The van der Waals surface area contributed by atoms with Gasteiger partial charge in [0.15, 0.2) is 11.5 Å². The van der Waals surface area contributed by atoms with Crippen LogP contribution in [0.4, 0.5) is 19.0 Å². The van der Waals surface area contributed by atoms with Crippen LogP contribution in [0.3, 0.4) is 0 Å². The van der Waals surface area contributed by atoms with Crippen LogP contribution < -0.4 is 5.73 Å². The highest BCUT2D eigenvalue weighted by Gasteiger charge is 2.37. The summed E-state index contributed by atoms with van der Waals surface area (Å²) in [5.41, 5.74) is 5.47. The number of alkyl halides is 3.